The van der Waals surface area contributed by atoms with Crippen molar-refractivity contribution in [2.75, 3.05) is 7.05 Å². The minimum Gasteiger partial charge on any atom is -0.387 e. The predicted molar refractivity (Wildman–Crippen MR) is 112 cm³/mol. The van der Waals surface area contributed by atoms with Gasteiger partial charge in [0.15, 0.2) is 11.6 Å². The predicted octanol–water partition coefficient (Wildman–Crippen LogP) is 4.07. The third-order valence-electron chi connectivity index (χ3n) is 6.11. The molecule has 0 fully saturated rings. The van der Waals surface area contributed by atoms with E-state index in [4.69, 9.17) is 0 Å². The molecule has 2 heterocycles. The van der Waals surface area contributed by atoms with E-state index in [-0.39, 0.29) is 28.6 Å². The Balaban J connectivity index is 1.64. The van der Waals surface area contributed by atoms with Crippen molar-refractivity contribution in [2.45, 2.75) is 25.0 Å². The van der Waals surface area contributed by atoms with Crippen molar-refractivity contribution in [3.63, 3.8) is 0 Å². The van der Waals surface area contributed by atoms with Gasteiger partial charge < -0.3 is 20.0 Å². The molecule has 9 heteroatoms. The molecule has 0 bridgehead atoms. The van der Waals surface area contributed by atoms with E-state index in [0.29, 0.717) is 22.9 Å². The van der Waals surface area contributed by atoms with Gasteiger partial charge in [-0.05, 0) is 54.6 Å². The number of rotatable bonds is 2. The molecule has 1 aliphatic carbocycles. The summed E-state index contributed by atoms with van der Waals surface area (Å²) in [6, 6.07) is 6.78. The summed E-state index contributed by atoms with van der Waals surface area (Å²) >= 11 is 0. The zero-order valence-corrected chi connectivity index (χ0v) is 16.9. The van der Waals surface area contributed by atoms with Gasteiger partial charge in [-0.25, -0.2) is 13.2 Å². The summed E-state index contributed by atoms with van der Waals surface area (Å²) < 4.78 is 41.4. The lowest BCUT2D eigenvalue weighted by molar-refractivity contribution is 0.0657. The van der Waals surface area contributed by atoms with Crippen LogP contribution in [0.4, 0.5) is 13.2 Å². The van der Waals surface area contributed by atoms with Gasteiger partial charge in [0.25, 0.3) is 11.5 Å². The minimum absolute atomic E-state index is 0.0660. The lowest BCUT2D eigenvalue weighted by atomic mass is 9.85. The van der Waals surface area contributed by atoms with E-state index in [1.54, 1.807) is 7.05 Å². The van der Waals surface area contributed by atoms with Crippen LogP contribution >= 0.6 is 0 Å². The Morgan fingerprint density at radius 1 is 1.03 bits per heavy atom. The first-order valence-corrected chi connectivity index (χ1v) is 10.0. The van der Waals surface area contributed by atoms with Crippen molar-refractivity contribution in [2.24, 2.45) is 0 Å². The number of hydrogen-bond acceptors (Lipinski definition) is 3. The van der Waals surface area contributed by atoms with Crippen LogP contribution in [0.3, 0.4) is 0 Å². The SMILES string of the molecule is CN(C(=O)c1cc2cc(F)ccc2[nH]1)C1CCC(O)c2[nH]c(=O)c3cc(F)c(F)cc3c21. The van der Waals surface area contributed by atoms with Gasteiger partial charge in [-0.15, -0.1) is 0 Å². The number of nitrogens with zero attached hydrogens (tertiary/aromatic N) is 1. The van der Waals surface area contributed by atoms with Crippen molar-refractivity contribution in [1.82, 2.24) is 14.9 Å². The Morgan fingerprint density at radius 2 is 1.75 bits per heavy atom. The molecule has 164 valence electrons. The number of fused-ring (bicyclic) bond motifs is 4. The zero-order chi connectivity index (χ0) is 22.7. The first-order valence-electron chi connectivity index (χ1n) is 10.0. The van der Waals surface area contributed by atoms with Crippen LogP contribution < -0.4 is 5.56 Å². The number of aliphatic hydroxyl groups excluding tert-OH is 1. The molecule has 32 heavy (non-hydrogen) atoms. The van der Waals surface area contributed by atoms with Crippen molar-refractivity contribution in [3.05, 3.63) is 81.2 Å². The number of halogens is 3. The lowest BCUT2D eigenvalue weighted by Gasteiger charge is -2.35. The molecule has 1 aliphatic rings. The maximum Gasteiger partial charge on any atom is 0.270 e. The van der Waals surface area contributed by atoms with Gasteiger partial charge in [-0.1, -0.05) is 0 Å². The fourth-order valence-corrected chi connectivity index (χ4v) is 4.52. The second kappa shape index (κ2) is 7.23. The molecule has 3 N–H and O–H groups in total. The largest absolute Gasteiger partial charge is 0.387 e. The summed E-state index contributed by atoms with van der Waals surface area (Å²) in [6.07, 6.45) is -0.407. The quantitative estimate of drug-likeness (QED) is 0.438. The van der Waals surface area contributed by atoms with E-state index in [0.717, 1.165) is 12.1 Å². The highest BCUT2D eigenvalue weighted by Crippen LogP contribution is 2.41. The van der Waals surface area contributed by atoms with E-state index in [1.165, 1.54) is 29.2 Å². The molecule has 0 radical (unpaired) electrons. The highest BCUT2D eigenvalue weighted by Gasteiger charge is 2.34. The molecular weight excluding hydrogens is 423 g/mol. The number of carbonyl (C=O) groups excluding carboxylic acids is 1. The smallest absolute Gasteiger partial charge is 0.270 e. The molecule has 1 amide bonds. The van der Waals surface area contributed by atoms with E-state index in [9.17, 15) is 27.9 Å². The summed E-state index contributed by atoms with van der Waals surface area (Å²) in [5.74, 6) is -3.12. The molecule has 4 aromatic rings. The van der Waals surface area contributed by atoms with Crippen LogP contribution in [0.2, 0.25) is 0 Å². The average molecular weight is 441 g/mol. The van der Waals surface area contributed by atoms with Crippen LogP contribution in [0.25, 0.3) is 21.7 Å². The first-order chi connectivity index (χ1) is 15.2. The third kappa shape index (κ3) is 3.08. The molecule has 2 atom stereocenters. The Hall–Kier alpha value is -3.59. The maximum atomic E-state index is 14.1. The third-order valence-corrected chi connectivity index (χ3v) is 6.11. The number of aromatic amines is 2. The molecule has 2 aromatic heterocycles. The number of nitrogens with one attached hydrogen (secondary N) is 2. The Labute approximate surface area is 179 Å². The number of H-pyrrole nitrogens is 2. The fourth-order valence-electron chi connectivity index (χ4n) is 4.52. The Kier molecular flexibility index (Phi) is 4.59. The summed E-state index contributed by atoms with van der Waals surface area (Å²) in [7, 11) is 1.55. The maximum absolute atomic E-state index is 14.1. The van der Waals surface area contributed by atoms with Gasteiger partial charge in [0.2, 0.25) is 0 Å². The van der Waals surface area contributed by atoms with Crippen molar-refractivity contribution >= 4 is 27.6 Å². The number of carbonyl (C=O) groups is 1. The van der Waals surface area contributed by atoms with E-state index < -0.39 is 41.1 Å². The number of amides is 1. The standard InChI is InChI=1S/C23H18F3N3O3/c1-29(23(32)17-7-10-6-11(24)2-3-16(10)27-17)18-4-5-19(30)21-20(18)12-8-14(25)15(26)9-13(12)22(31)28-21/h2-3,6-9,18-19,27,30H,4-5H2,1H3,(H,28,31). The van der Waals surface area contributed by atoms with Crippen molar-refractivity contribution < 1.29 is 23.1 Å². The van der Waals surface area contributed by atoms with Gasteiger partial charge in [-0.2, -0.15) is 0 Å². The van der Waals surface area contributed by atoms with Gasteiger partial charge in [0.1, 0.15) is 11.5 Å². The highest BCUT2D eigenvalue weighted by molar-refractivity contribution is 5.98. The Bertz CT molecular complexity index is 1460. The second-order valence-corrected chi connectivity index (χ2v) is 8.03. The van der Waals surface area contributed by atoms with Gasteiger partial charge in [0.05, 0.1) is 23.2 Å². The molecule has 5 rings (SSSR count). The zero-order valence-electron chi connectivity index (χ0n) is 16.9. The van der Waals surface area contributed by atoms with Crippen molar-refractivity contribution in [3.8, 4) is 0 Å². The van der Waals surface area contributed by atoms with Gasteiger partial charge in [-0.3, -0.25) is 9.59 Å². The molecule has 0 spiro atoms. The van der Waals surface area contributed by atoms with Crippen LogP contribution in [0, 0.1) is 17.5 Å². The molecule has 0 saturated heterocycles. The van der Waals surface area contributed by atoms with E-state index in [2.05, 4.69) is 9.97 Å². The minimum atomic E-state index is -1.16. The molecular formula is C23H18F3N3O3. The number of hydrogen-bond donors (Lipinski definition) is 3. The van der Waals surface area contributed by atoms with Crippen LogP contribution in [0.1, 0.15) is 46.7 Å². The molecule has 2 unspecified atom stereocenters. The van der Waals surface area contributed by atoms with E-state index in [1.807, 2.05) is 0 Å². The average Bonchev–Trinajstić information content (AvgIpc) is 3.18. The van der Waals surface area contributed by atoms with Crippen molar-refractivity contribution in [1.29, 1.82) is 0 Å². The monoisotopic (exact) mass is 441 g/mol. The highest BCUT2D eigenvalue weighted by atomic mass is 19.2. The van der Waals surface area contributed by atoms with Crippen LogP contribution in [0.15, 0.2) is 41.2 Å². The van der Waals surface area contributed by atoms with Gasteiger partial charge in [0, 0.05) is 23.5 Å². The Morgan fingerprint density at radius 3 is 2.50 bits per heavy atom. The second-order valence-electron chi connectivity index (χ2n) is 8.03. The fraction of sp³-hybridized carbons (Fsp3) is 0.217. The number of aromatic nitrogens is 2. The van der Waals surface area contributed by atoms with Crippen LogP contribution in [-0.2, 0) is 0 Å². The summed E-state index contributed by atoms with van der Waals surface area (Å²) in [4.78, 5) is 32.7. The van der Waals surface area contributed by atoms with Crippen LogP contribution in [0.5, 0.6) is 0 Å². The first kappa shape index (κ1) is 20.3. The number of aliphatic hydroxyl groups is 1. The lowest BCUT2D eigenvalue weighted by Crippen LogP contribution is -2.35. The number of pyridine rings is 1. The topological polar surface area (TPSA) is 89.2 Å². The molecule has 6 nitrogen and oxygen atoms in total. The summed E-state index contributed by atoms with van der Waals surface area (Å²) in [6.45, 7) is 0. The molecule has 0 aliphatic heterocycles. The summed E-state index contributed by atoms with van der Waals surface area (Å²) in [5, 5.41) is 11.1. The molecule has 2 aromatic carbocycles. The van der Waals surface area contributed by atoms with Gasteiger partial charge >= 0.3 is 0 Å². The normalized spacial score (nSPS) is 18.2. The molecule has 0 saturated carbocycles. The summed E-state index contributed by atoms with van der Waals surface area (Å²) in [5.41, 5.74) is 0.726. The number of benzene rings is 2. The van der Waals surface area contributed by atoms with Crippen LogP contribution in [-0.4, -0.2) is 32.9 Å². The van der Waals surface area contributed by atoms with E-state index >= 15 is 0 Å².